The summed E-state index contributed by atoms with van der Waals surface area (Å²) in [7, 11) is -0.412. The molecule has 0 saturated heterocycles. The van der Waals surface area contributed by atoms with Crippen molar-refractivity contribution in [2.45, 2.75) is 6.92 Å². The van der Waals surface area contributed by atoms with Crippen molar-refractivity contribution in [1.29, 1.82) is 0 Å². The molecule has 0 N–H and O–H groups in total. The predicted molar refractivity (Wildman–Crippen MR) is 34.9 cm³/mol. The Morgan fingerprint density at radius 3 is 1.33 bits per heavy atom. The first-order valence-corrected chi connectivity index (χ1v) is 4.79. The Balaban J connectivity index is 4.07. The Morgan fingerprint density at radius 1 is 1.17 bits per heavy atom. The summed E-state index contributed by atoms with van der Waals surface area (Å²) in [4.78, 5) is 0. The van der Waals surface area contributed by atoms with E-state index in [4.69, 9.17) is 0 Å². The molecule has 0 fully saturated rings. The quantitative estimate of drug-likeness (QED) is 0.438. The van der Waals surface area contributed by atoms with Gasteiger partial charge in [-0.05, 0) is 25.7 Å². The summed E-state index contributed by atoms with van der Waals surface area (Å²) in [6, 6.07) is 0. The molecule has 6 heavy (non-hydrogen) atoms. The fourth-order valence-corrected chi connectivity index (χ4v) is 0. The Labute approximate surface area is 41.1 Å². The van der Waals surface area contributed by atoms with Crippen molar-refractivity contribution >= 4 is 9.44 Å². The average molecular weight is 104 g/mol. The van der Waals surface area contributed by atoms with Crippen LogP contribution < -0.4 is 0 Å². The average Bonchev–Trinajstić information content (AvgIpc) is 1.35. The largest absolute Gasteiger partial charge is 0.198 e. The van der Waals surface area contributed by atoms with Gasteiger partial charge in [-0.3, -0.25) is 0 Å². The maximum absolute atomic E-state index is 3.19. The summed E-state index contributed by atoms with van der Waals surface area (Å²) < 4.78 is 0. The van der Waals surface area contributed by atoms with Crippen LogP contribution in [0.5, 0.6) is 0 Å². The molecule has 0 heterocycles. The minimum Gasteiger partial charge on any atom is -0.198 e. The van der Waals surface area contributed by atoms with E-state index < -0.39 is 9.44 Å². The zero-order valence-electron chi connectivity index (χ0n) is 4.91. The van der Waals surface area contributed by atoms with Crippen LogP contribution in [0.1, 0.15) is 6.92 Å². The van der Waals surface area contributed by atoms with Crippen molar-refractivity contribution in [2.24, 2.45) is 0 Å². The van der Waals surface area contributed by atoms with Crippen molar-refractivity contribution in [2.75, 3.05) is 18.8 Å². The standard InChI is InChI=1S/C5H12S/c1-5-6(2,3)4/h1-4H3. The molecule has 38 valence electrons. The molecule has 0 aromatic rings. The van der Waals surface area contributed by atoms with E-state index in [1.807, 2.05) is 6.92 Å². The van der Waals surface area contributed by atoms with E-state index in [2.05, 4.69) is 24.0 Å². The Morgan fingerprint density at radius 2 is 1.33 bits per heavy atom. The topological polar surface area (TPSA) is 0 Å². The van der Waals surface area contributed by atoms with Crippen molar-refractivity contribution in [3.05, 3.63) is 0 Å². The van der Waals surface area contributed by atoms with E-state index in [1.54, 1.807) is 0 Å². The number of hydrogen-bond acceptors (Lipinski definition) is 0. The molecule has 0 aliphatic rings. The molecule has 0 unspecified atom stereocenters. The Kier molecular flexibility index (Phi) is 1.76. The van der Waals surface area contributed by atoms with Crippen LogP contribution >= 0.6 is 9.44 Å². The number of hydrogen-bond donors (Lipinski definition) is 0. The molecule has 0 saturated carbocycles. The highest BCUT2D eigenvalue weighted by atomic mass is 32.2. The first kappa shape index (κ1) is 6.13. The minimum atomic E-state index is -0.412. The van der Waals surface area contributed by atoms with Crippen molar-refractivity contribution in [1.82, 2.24) is 0 Å². The lowest BCUT2D eigenvalue weighted by molar-refractivity contribution is 1.94. The molecule has 0 amide bonds. The Bertz CT molecular complexity index is 111. The molecular formula is C5H12S. The van der Waals surface area contributed by atoms with Gasteiger partial charge in [0.1, 0.15) is 0 Å². The summed E-state index contributed by atoms with van der Waals surface area (Å²) in [6.07, 6.45) is 6.65. The highest BCUT2D eigenvalue weighted by Crippen LogP contribution is 2.14. The molecule has 0 nitrogen and oxygen atoms in total. The number of rotatable bonds is 0. The van der Waals surface area contributed by atoms with Crippen LogP contribution in [0.2, 0.25) is 0 Å². The first-order valence-electron chi connectivity index (χ1n) is 1.93. The highest BCUT2D eigenvalue weighted by Gasteiger charge is 1.75. The zero-order valence-corrected chi connectivity index (χ0v) is 5.72. The normalized spacial score (nSPS) is 10.7. The van der Waals surface area contributed by atoms with Crippen LogP contribution in [0.4, 0.5) is 0 Å². The molecule has 1 heteroatoms. The van der Waals surface area contributed by atoms with Gasteiger partial charge >= 0.3 is 0 Å². The lowest BCUT2D eigenvalue weighted by Gasteiger charge is -1.98. The fourth-order valence-electron chi connectivity index (χ4n) is 0. The summed E-state index contributed by atoms with van der Waals surface area (Å²) in [6.45, 7) is 2.00. The van der Waals surface area contributed by atoms with Crippen molar-refractivity contribution in [3.63, 3.8) is 0 Å². The summed E-state index contributed by atoms with van der Waals surface area (Å²) in [5.41, 5.74) is 0. The lowest BCUT2D eigenvalue weighted by atomic mass is 11.0. The monoisotopic (exact) mass is 104 g/mol. The summed E-state index contributed by atoms with van der Waals surface area (Å²) >= 11 is 0. The van der Waals surface area contributed by atoms with Gasteiger partial charge in [-0.25, -0.2) is 0 Å². The molecule has 0 rings (SSSR count). The van der Waals surface area contributed by atoms with Crippen LogP contribution in [0.3, 0.4) is 0 Å². The van der Waals surface area contributed by atoms with Crippen LogP contribution in [-0.4, -0.2) is 18.8 Å². The zero-order chi connectivity index (χ0) is 5.21. The second-order valence-corrected chi connectivity index (χ2v) is 6.12. The minimum absolute atomic E-state index is 0.412. The maximum atomic E-state index is 3.19. The smallest absolute Gasteiger partial charge is 0.00537 e. The summed E-state index contributed by atoms with van der Waals surface area (Å²) in [5.74, 6) is 0. The second kappa shape index (κ2) is 1.72. The van der Waals surface area contributed by atoms with E-state index in [1.165, 1.54) is 0 Å². The van der Waals surface area contributed by atoms with Gasteiger partial charge in [0.05, 0.1) is 0 Å². The van der Waals surface area contributed by atoms with Crippen LogP contribution in [0.15, 0.2) is 0 Å². The van der Waals surface area contributed by atoms with E-state index in [0.29, 0.717) is 0 Å². The summed E-state index contributed by atoms with van der Waals surface area (Å²) in [5, 5.41) is 3.19. The molecule has 0 aliphatic heterocycles. The molecule has 0 aliphatic carbocycles. The molecule has 0 aromatic carbocycles. The SMILES string of the molecule is CC#S(C)(C)C. The van der Waals surface area contributed by atoms with E-state index in [-0.39, 0.29) is 0 Å². The van der Waals surface area contributed by atoms with Gasteiger partial charge in [-0.1, -0.05) is 0 Å². The van der Waals surface area contributed by atoms with Crippen LogP contribution in [0, 0.1) is 5.18 Å². The third-order valence-electron chi connectivity index (χ3n) is 0.612. The van der Waals surface area contributed by atoms with Gasteiger partial charge in [0, 0.05) is 0 Å². The highest BCUT2D eigenvalue weighted by molar-refractivity contribution is 8.22. The van der Waals surface area contributed by atoms with Gasteiger partial charge < -0.3 is 0 Å². The fraction of sp³-hybridized carbons (Fsp3) is 0.800. The third-order valence-corrected chi connectivity index (χ3v) is 1.84. The van der Waals surface area contributed by atoms with Crippen LogP contribution in [-0.2, 0) is 0 Å². The van der Waals surface area contributed by atoms with E-state index in [0.717, 1.165) is 0 Å². The molecular weight excluding hydrogens is 92.1 g/mol. The molecule has 0 radical (unpaired) electrons. The molecule has 0 atom stereocenters. The third kappa shape index (κ3) is 4.13. The van der Waals surface area contributed by atoms with Crippen molar-refractivity contribution in [3.8, 4) is 5.18 Å². The molecule has 0 bridgehead atoms. The Hall–Kier alpha value is 0.130. The van der Waals surface area contributed by atoms with Gasteiger partial charge in [-0.15, -0.1) is 5.18 Å². The lowest BCUT2D eigenvalue weighted by Crippen LogP contribution is -1.68. The van der Waals surface area contributed by atoms with Gasteiger partial charge in [0.15, 0.2) is 0 Å². The van der Waals surface area contributed by atoms with Gasteiger partial charge in [-0.2, -0.15) is 9.44 Å². The van der Waals surface area contributed by atoms with Gasteiger partial charge in [0.25, 0.3) is 0 Å². The van der Waals surface area contributed by atoms with Crippen LogP contribution in [0.25, 0.3) is 0 Å². The maximum Gasteiger partial charge on any atom is -0.00537 e. The first-order chi connectivity index (χ1) is 2.56. The van der Waals surface area contributed by atoms with E-state index >= 15 is 0 Å². The molecule has 0 spiro atoms. The van der Waals surface area contributed by atoms with Gasteiger partial charge in [0.2, 0.25) is 0 Å². The predicted octanol–water partition coefficient (Wildman–Crippen LogP) is 1.66. The van der Waals surface area contributed by atoms with E-state index in [9.17, 15) is 0 Å². The molecule has 0 aromatic heterocycles. The second-order valence-electron chi connectivity index (χ2n) is 2.04. The van der Waals surface area contributed by atoms with Crippen molar-refractivity contribution < 1.29 is 0 Å².